The van der Waals surface area contributed by atoms with Crippen LogP contribution in [0.15, 0.2) is 48.5 Å². The zero-order chi connectivity index (χ0) is 20.6. The van der Waals surface area contributed by atoms with E-state index in [1.165, 1.54) is 12.1 Å². The zero-order valence-electron chi connectivity index (χ0n) is 16.2. The molecule has 0 radical (unpaired) electrons. The fourth-order valence-corrected chi connectivity index (χ4v) is 4.34. The van der Waals surface area contributed by atoms with Gasteiger partial charge in [-0.05, 0) is 42.3 Å². The van der Waals surface area contributed by atoms with E-state index in [4.69, 9.17) is 4.74 Å². The highest BCUT2D eigenvalue weighted by Gasteiger charge is 2.40. The van der Waals surface area contributed by atoms with Gasteiger partial charge in [0.2, 0.25) is 5.91 Å². The summed E-state index contributed by atoms with van der Waals surface area (Å²) in [5.41, 5.74) is 0.302. The van der Waals surface area contributed by atoms with E-state index < -0.39 is 11.7 Å². The van der Waals surface area contributed by atoms with Crippen molar-refractivity contribution in [1.29, 1.82) is 0 Å². The van der Waals surface area contributed by atoms with Crippen LogP contribution >= 0.6 is 0 Å². The molecule has 0 spiro atoms. The van der Waals surface area contributed by atoms with Crippen LogP contribution in [0.4, 0.5) is 13.2 Å². The monoisotopic (exact) mass is 404 g/mol. The summed E-state index contributed by atoms with van der Waals surface area (Å²) in [6.07, 6.45) is -2.83. The van der Waals surface area contributed by atoms with Crippen LogP contribution in [0.25, 0.3) is 0 Å². The summed E-state index contributed by atoms with van der Waals surface area (Å²) in [6, 6.07) is 12.7. The standard InChI is InChI=1S/C22H23F3N2O2/c1-26-20-8-9-27(14-16(20)11-21(26)28)13-15-4-2-6-18(10-15)29-19-7-3-5-17(12-19)22(23,24)25/h2-7,10,12,16,20H,8-9,11,13-14H2,1H3/t16-,20+/m1/s1. The van der Waals surface area contributed by atoms with E-state index in [0.717, 1.165) is 43.8 Å². The van der Waals surface area contributed by atoms with Crippen LogP contribution in [0.1, 0.15) is 24.0 Å². The number of carbonyl (C=O) groups excluding carboxylic acids is 1. The molecule has 0 saturated carbocycles. The Balaban J connectivity index is 1.41. The number of ether oxygens (including phenoxy) is 1. The SMILES string of the molecule is CN1C(=O)C[C@@H]2CN(Cc3cccc(Oc4cccc(C(F)(F)F)c4)c3)CC[C@@H]21. The minimum atomic E-state index is -4.40. The van der Waals surface area contributed by atoms with Gasteiger partial charge in [0.15, 0.2) is 0 Å². The second-order valence-electron chi connectivity index (χ2n) is 7.84. The first-order valence-electron chi connectivity index (χ1n) is 9.71. The molecule has 2 fully saturated rings. The Kier molecular flexibility index (Phi) is 5.25. The highest BCUT2D eigenvalue weighted by atomic mass is 19.4. The largest absolute Gasteiger partial charge is 0.457 e. The molecule has 7 heteroatoms. The van der Waals surface area contributed by atoms with Crippen molar-refractivity contribution >= 4 is 5.91 Å². The van der Waals surface area contributed by atoms with Crippen molar-refractivity contribution < 1.29 is 22.7 Å². The third kappa shape index (κ3) is 4.40. The maximum atomic E-state index is 12.9. The van der Waals surface area contributed by atoms with Gasteiger partial charge in [-0.15, -0.1) is 0 Å². The van der Waals surface area contributed by atoms with Crippen molar-refractivity contribution in [1.82, 2.24) is 9.80 Å². The van der Waals surface area contributed by atoms with E-state index in [1.54, 1.807) is 6.07 Å². The van der Waals surface area contributed by atoms with Gasteiger partial charge in [0.05, 0.1) is 5.56 Å². The number of benzene rings is 2. The number of hydrogen-bond acceptors (Lipinski definition) is 3. The first-order chi connectivity index (χ1) is 13.8. The summed E-state index contributed by atoms with van der Waals surface area (Å²) < 4.78 is 44.3. The van der Waals surface area contributed by atoms with Crippen LogP contribution < -0.4 is 4.74 Å². The third-order valence-electron chi connectivity index (χ3n) is 5.81. The number of fused-ring (bicyclic) bond motifs is 1. The topological polar surface area (TPSA) is 32.8 Å². The van der Waals surface area contributed by atoms with Gasteiger partial charge in [0.25, 0.3) is 0 Å². The van der Waals surface area contributed by atoms with E-state index in [1.807, 2.05) is 30.1 Å². The molecule has 29 heavy (non-hydrogen) atoms. The smallest absolute Gasteiger partial charge is 0.416 e. The predicted octanol–water partition coefficient (Wildman–Crippen LogP) is 4.55. The number of halogens is 3. The molecule has 2 aromatic carbocycles. The first kappa shape index (κ1) is 19.8. The highest BCUT2D eigenvalue weighted by molar-refractivity contribution is 5.79. The van der Waals surface area contributed by atoms with Crippen molar-refractivity contribution in [3.05, 3.63) is 59.7 Å². The average Bonchev–Trinajstić information content (AvgIpc) is 2.95. The third-order valence-corrected chi connectivity index (χ3v) is 5.81. The van der Waals surface area contributed by atoms with E-state index in [2.05, 4.69) is 4.90 Å². The minimum Gasteiger partial charge on any atom is -0.457 e. The number of hydrogen-bond donors (Lipinski definition) is 0. The molecule has 1 amide bonds. The molecule has 0 aromatic heterocycles. The van der Waals surface area contributed by atoms with Crippen LogP contribution in [-0.2, 0) is 17.5 Å². The van der Waals surface area contributed by atoms with Crippen LogP contribution in [0.2, 0.25) is 0 Å². The molecule has 2 aliphatic rings. The van der Waals surface area contributed by atoms with Crippen LogP contribution in [-0.4, -0.2) is 41.9 Å². The van der Waals surface area contributed by atoms with Crippen molar-refractivity contribution in [2.75, 3.05) is 20.1 Å². The van der Waals surface area contributed by atoms with Gasteiger partial charge in [-0.2, -0.15) is 13.2 Å². The summed E-state index contributed by atoms with van der Waals surface area (Å²) in [5, 5.41) is 0. The predicted molar refractivity (Wildman–Crippen MR) is 103 cm³/mol. The lowest BCUT2D eigenvalue weighted by Crippen LogP contribution is -2.44. The molecule has 4 rings (SSSR count). The first-order valence-corrected chi connectivity index (χ1v) is 9.71. The summed E-state index contributed by atoms with van der Waals surface area (Å²) in [6.45, 7) is 2.51. The normalized spacial score (nSPS) is 22.6. The lowest BCUT2D eigenvalue weighted by molar-refractivity contribution is -0.137. The van der Waals surface area contributed by atoms with Crippen LogP contribution in [0, 0.1) is 5.92 Å². The fraction of sp³-hybridized carbons (Fsp3) is 0.409. The van der Waals surface area contributed by atoms with Gasteiger partial charge in [0, 0.05) is 45.1 Å². The Hall–Kier alpha value is -2.54. The Morgan fingerprint density at radius 1 is 1.10 bits per heavy atom. The van der Waals surface area contributed by atoms with Crippen molar-refractivity contribution in [3.8, 4) is 11.5 Å². The summed E-state index contributed by atoms with van der Waals surface area (Å²) in [7, 11) is 1.89. The van der Waals surface area contributed by atoms with Gasteiger partial charge in [-0.1, -0.05) is 18.2 Å². The van der Waals surface area contributed by atoms with E-state index in [9.17, 15) is 18.0 Å². The molecule has 2 heterocycles. The van der Waals surface area contributed by atoms with Gasteiger partial charge >= 0.3 is 6.18 Å². The molecule has 2 aliphatic heterocycles. The number of nitrogens with zero attached hydrogens (tertiary/aromatic N) is 2. The lowest BCUT2D eigenvalue weighted by Gasteiger charge is -2.36. The molecule has 0 unspecified atom stereocenters. The Bertz CT molecular complexity index is 900. The molecule has 0 bridgehead atoms. The lowest BCUT2D eigenvalue weighted by atomic mass is 9.92. The van der Waals surface area contributed by atoms with E-state index in [0.29, 0.717) is 24.1 Å². The molecular formula is C22H23F3N2O2. The van der Waals surface area contributed by atoms with Gasteiger partial charge in [-0.3, -0.25) is 9.69 Å². The van der Waals surface area contributed by atoms with Gasteiger partial charge in [0.1, 0.15) is 11.5 Å². The average molecular weight is 404 g/mol. The van der Waals surface area contributed by atoms with Crippen molar-refractivity contribution in [3.63, 3.8) is 0 Å². The maximum Gasteiger partial charge on any atom is 0.416 e. The number of piperidine rings is 1. The van der Waals surface area contributed by atoms with Crippen molar-refractivity contribution in [2.24, 2.45) is 5.92 Å². The highest BCUT2D eigenvalue weighted by Crippen LogP contribution is 2.34. The molecule has 0 N–H and O–H groups in total. The molecule has 2 saturated heterocycles. The second kappa shape index (κ2) is 7.71. The minimum absolute atomic E-state index is 0.158. The Morgan fingerprint density at radius 2 is 1.83 bits per heavy atom. The van der Waals surface area contributed by atoms with E-state index >= 15 is 0 Å². The molecule has 0 aliphatic carbocycles. The molecule has 2 aromatic rings. The van der Waals surface area contributed by atoms with Crippen molar-refractivity contribution in [2.45, 2.75) is 31.6 Å². The van der Waals surface area contributed by atoms with Gasteiger partial charge < -0.3 is 9.64 Å². The summed E-state index contributed by atoms with van der Waals surface area (Å²) in [5.74, 6) is 1.25. The zero-order valence-corrected chi connectivity index (χ0v) is 16.2. The number of likely N-dealkylation sites (tertiary alicyclic amines) is 2. The summed E-state index contributed by atoms with van der Waals surface area (Å²) in [4.78, 5) is 16.1. The Labute approximate surface area is 167 Å². The number of rotatable bonds is 4. The number of alkyl halides is 3. The number of amides is 1. The Morgan fingerprint density at radius 3 is 2.59 bits per heavy atom. The number of carbonyl (C=O) groups is 1. The van der Waals surface area contributed by atoms with Crippen LogP contribution in [0.3, 0.4) is 0 Å². The second-order valence-corrected chi connectivity index (χ2v) is 7.84. The fourth-order valence-electron chi connectivity index (χ4n) is 4.34. The quantitative estimate of drug-likeness (QED) is 0.750. The molecule has 4 nitrogen and oxygen atoms in total. The van der Waals surface area contributed by atoms with E-state index in [-0.39, 0.29) is 11.7 Å². The summed E-state index contributed by atoms with van der Waals surface area (Å²) >= 11 is 0. The molecule has 2 atom stereocenters. The molecular weight excluding hydrogens is 381 g/mol. The maximum absolute atomic E-state index is 12.9. The van der Waals surface area contributed by atoms with Gasteiger partial charge in [-0.25, -0.2) is 0 Å². The van der Waals surface area contributed by atoms with Crippen LogP contribution in [0.5, 0.6) is 11.5 Å². The molecule has 154 valence electrons.